The molecule has 7 nitrogen and oxygen atoms in total. The van der Waals surface area contributed by atoms with E-state index in [1.807, 2.05) is 24.3 Å². The summed E-state index contributed by atoms with van der Waals surface area (Å²) in [6.07, 6.45) is 1.50. The lowest BCUT2D eigenvalue weighted by molar-refractivity contribution is -0.122. The Balaban J connectivity index is 1.69. The molecule has 2 heterocycles. The van der Waals surface area contributed by atoms with Gasteiger partial charge in [0.2, 0.25) is 17.8 Å². The SMILES string of the molecule is O=C(Nc1ncn[nH]1)[C@@H]1CC(=O)N(c2ccc(Br)cc2)C1. The van der Waals surface area contributed by atoms with Crippen molar-refractivity contribution >= 4 is 39.4 Å². The zero-order chi connectivity index (χ0) is 14.8. The minimum atomic E-state index is -0.397. The molecule has 1 aliphatic heterocycles. The summed E-state index contributed by atoms with van der Waals surface area (Å²) in [5.41, 5.74) is 0.790. The summed E-state index contributed by atoms with van der Waals surface area (Å²) in [7, 11) is 0. The van der Waals surface area contributed by atoms with Crippen molar-refractivity contribution in [3.05, 3.63) is 35.1 Å². The van der Waals surface area contributed by atoms with Crippen LogP contribution in [0.2, 0.25) is 0 Å². The molecule has 1 fully saturated rings. The number of carbonyl (C=O) groups excluding carboxylic acids is 2. The Kier molecular flexibility index (Phi) is 3.70. The van der Waals surface area contributed by atoms with Crippen LogP contribution >= 0.6 is 15.9 Å². The van der Waals surface area contributed by atoms with Gasteiger partial charge in [-0.1, -0.05) is 15.9 Å². The molecule has 108 valence electrons. The van der Waals surface area contributed by atoms with Crippen LogP contribution in [0.3, 0.4) is 0 Å². The third kappa shape index (κ3) is 2.94. The van der Waals surface area contributed by atoms with E-state index in [-0.39, 0.29) is 24.2 Å². The first kappa shape index (κ1) is 13.7. The number of hydrogen-bond donors (Lipinski definition) is 2. The average Bonchev–Trinajstić information content (AvgIpc) is 3.09. The first-order valence-electron chi connectivity index (χ1n) is 6.35. The van der Waals surface area contributed by atoms with Gasteiger partial charge in [-0.3, -0.25) is 14.9 Å². The first-order valence-corrected chi connectivity index (χ1v) is 7.15. The van der Waals surface area contributed by atoms with Crippen molar-refractivity contribution in [2.75, 3.05) is 16.8 Å². The molecule has 0 radical (unpaired) electrons. The zero-order valence-electron chi connectivity index (χ0n) is 10.9. The van der Waals surface area contributed by atoms with E-state index in [9.17, 15) is 9.59 Å². The van der Waals surface area contributed by atoms with Crippen LogP contribution in [0.5, 0.6) is 0 Å². The summed E-state index contributed by atoms with van der Waals surface area (Å²) < 4.78 is 0.942. The van der Waals surface area contributed by atoms with E-state index in [0.717, 1.165) is 10.2 Å². The Morgan fingerprint density at radius 1 is 1.38 bits per heavy atom. The third-order valence-electron chi connectivity index (χ3n) is 3.29. The zero-order valence-corrected chi connectivity index (χ0v) is 12.5. The lowest BCUT2D eigenvalue weighted by Crippen LogP contribution is -2.28. The van der Waals surface area contributed by atoms with Crippen molar-refractivity contribution in [1.82, 2.24) is 15.2 Å². The van der Waals surface area contributed by atoms with Crippen molar-refractivity contribution in [3.8, 4) is 0 Å². The van der Waals surface area contributed by atoms with Crippen LogP contribution in [0.15, 0.2) is 35.1 Å². The highest BCUT2D eigenvalue weighted by Gasteiger charge is 2.35. The molecule has 21 heavy (non-hydrogen) atoms. The van der Waals surface area contributed by atoms with Crippen molar-refractivity contribution in [1.29, 1.82) is 0 Å². The maximum absolute atomic E-state index is 12.1. The molecule has 2 N–H and O–H groups in total. The number of nitrogens with zero attached hydrogens (tertiary/aromatic N) is 3. The lowest BCUT2D eigenvalue weighted by Gasteiger charge is -2.16. The van der Waals surface area contributed by atoms with Gasteiger partial charge in [0.25, 0.3) is 0 Å². The number of carbonyl (C=O) groups is 2. The van der Waals surface area contributed by atoms with Crippen LogP contribution in [-0.2, 0) is 9.59 Å². The van der Waals surface area contributed by atoms with Gasteiger partial charge in [0, 0.05) is 23.1 Å². The number of benzene rings is 1. The summed E-state index contributed by atoms with van der Waals surface area (Å²) >= 11 is 3.35. The fourth-order valence-electron chi connectivity index (χ4n) is 2.24. The Morgan fingerprint density at radius 2 is 2.14 bits per heavy atom. The van der Waals surface area contributed by atoms with Crippen molar-refractivity contribution in [2.45, 2.75) is 6.42 Å². The molecule has 1 atom stereocenters. The minimum absolute atomic E-state index is 0.0601. The first-order chi connectivity index (χ1) is 10.1. The molecule has 1 aromatic carbocycles. The Morgan fingerprint density at radius 3 is 2.81 bits per heavy atom. The summed E-state index contributed by atoms with van der Waals surface area (Å²) in [5, 5.41) is 8.82. The topological polar surface area (TPSA) is 91.0 Å². The van der Waals surface area contributed by atoms with Crippen molar-refractivity contribution in [3.63, 3.8) is 0 Å². The smallest absolute Gasteiger partial charge is 0.232 e. The highest BCUT2D eigenvalue weighted by molar-refractivity contribution is 9.10. The molecule has 3 rings (SSSR count). The standard InChI is InChI=1S/C13H12BrN5O2/c14-9-1-3-10(4-2-9)19-6-8(5-11(19)20)12(21)17-13-15-7-16-18-13/h1-4,7-8H,5-6H2,(H2,15,16,17,18,21)/t8-/m1/s1. The van der Waals surface area contributed by atoms with E-state index in [2.05, 4.69) is 36.4 Å². The van der Waals surface area contributed by atoms with E-state index < -0.39 is 5.92 Å². The molecule has 0 spiro atoms. The van der Waals surface area contributed by atoms with E-state index in [1.54, 1.807) is 4.90 Å². The summed E-state index contributed by atoms with van der Waals surface area (Å²) in [6, 6.07) is 7.42. The quantitative estimate of drug-likeness (QED) is 0.879. The molecule has 0 saturated carbocycles. The second kappa shape index (κ2) is 5.65. The molecule has 8 heteroatoms. The molecular formula is C13H12BrN5O2. The van der Waals surface area contributed by atoms with Crippen LogP contribution in [0, 0.1) is 5.92 Å². The lowest BCUT2D eigenvalue weighted by atomic mass is 10.1. The third-order valence-corrected chi connectivity index (χ3v) is 3.82. The molecule has 2 amide bonds. The van der Waals surface area contributed by atoms with Gasteiger partial charge in [-0.05, 0) is 24.3 Å². The predicted octanol–water partition coefficient (Wildman–Crippen LogP) is 1.56. The van der Waals surface area contributed by atoms with Gasteiger partial charge in [-0.2, -0.15) is 10.1 Å². The molecule has 1 saturated heterocycles. The van der Waals surface area contributed by atoms with Gasteiger partial charge in [-0.25, -0.2) is 5.10 Å². The summed E-state index contributed by atoms with van der Waals surface area (Å²) in [6.45, 7) is 0.362. The molecule has 1 aliphatic rings. The van der Waals surface area contributed by atoms with Crippen LogP contribution in [0.4, 0.5) is 11.6 Å². The van der Waals surface area contributed by atoms with Crippen LogP contribution in [-0.4, -0.2) is 33.5 Å². The van der Waals surface area contributed by atoms with Crippen LogP contribution in [0.1, 0.15) is 6.42 Å². The second-order valence-electron chi connectivity index (χ2n) is 4.71. The molecule has 1 aromatic heterocycles. The van der Waals surface area contributed by atoms with Crippen molar-refractivity contribution < 1.29 is 9.59 Å². The normalized spacial score (nSPS) is 18.0. The molecule has 2 aromatic rings. The van der Waals surface area contributed by atoms with Gasteiger partial charge in [0.05, 0.1) is 5.92 Å². The Bertz CT molecular complexity index is 656. The van der Waals surface area contributed by atoms with Crippen molar-refractivity contribution in [2.24, 2.45) is 5.92 Å². The monoisotopic (exact) mass is 349 g/mol. The summed E-state index contributed by atoms with van der Waals surface area (Å²) in [4.78, 5) is 29.6. The minimum Gasteiger partial charge on any atom is -0.312 e. The number of anilines is 2. The summed E-state index contributed by atoms with van der Waals surface area (Å²) in [5.74, 6) is -0.407. The van der Waals surface area contributed by atoms with Gasteiger partial charge < -0.3 is 4.90 Å². The number of aromatic nitrogens is 3. The number of aromatic amines is 1. The molecular weight excluding hydrogens is 338 g/mol. The number of rotatable bonds is 3. The van der Waals surface area contributed by atoms with E-state index in [1.165, 1.54) is 6.33 Å². The van der Waals surface area contributed by atoms with Gasteiger partial charge >= 0.3 is 0 Å². The van der Waals surface area contributed by atoms with E-state index in [0.29, 0.717) is 6.54 Å². The van der Waals surface area contributed by atoms with E-state index in [4.69, 9.17) is 0 Å². The highest BCUT2D eigenvalue weighted by Crippen LogP contribution is 2.26. The van der Waals surface area contributed by atoms with Gasteiger partial charge in [0.1, 0.15) is 6.33 Å². The molecule has 0 aliphatic carbocycles. The van der Waals surface area contributed by atoms with E-state index >= 15 is 0 Å². The predicted molar refractivity (Wildman–Crippen MR) is 79.6 cm³/mol. The maximum Gasteiger partial charge on any atom is 0.232 e. The Labute approximate surface area is 128 Å². The fourth-order valence-corrected chi connectivity index (χ4v) is 2.50. The Hall–Kier alpha value is -2.22. The number of amides is 2. The number of halogens is 1. The largest absolute Gasteiger partial charge is 0.312 e. The van der Waals surface area contributed by atoms with Gasteiger partial charge in [0.15, 0.2) is 0 Å². The molecule has 0 bridgehead atoms. The number of nitrogens with one attached hydrogen (secondary N) is 2. The number of hydrogen-bond acceptors (Lipinski definition) is 4. The number of H-pyrrole nitrogens is 1. The second-order valence-corrected chi connectivity index (χ2v) is 5.62. The molecule has 0 unspecified atom stereocenters. The van der Waals surface area contributed by atoms with Gasteiger partial charge in [-0.15, -0.1) is 0 Å². The van der Waals surface area contributed by atoms with Crippen LogP contribution < -0.4 is 10.2 Å². The average molecular weight is 350 g/mol. The maximum atomic E-state index is 12.1. The fraction of sp³-hybridized carbons (Fsp3) is 0.231. The highest BCUT2D eigenvalue weighted by atomic mass is 79.9. The van der Waals surface area contributed by atoms with Crippen LogP contribution in [0.25, 0.3) is 0 Å².